The number of ether oxygens (including phenoxy) is 1. The van der Waals surface area contributed by atoms with Gasteiger partial charge < -0.3 is 9.84 Å². The molecule has 0 unspecified atom stereocenters. The van der Waals surface area contributed by atoms with Crippen LogP contribution >= 0.6 is 23.2 Å². The van der Waals surface area contributed by atoms with E-state index in [2.05, 4.69) is 0 Å². The topological polar surface area (TPSA) is 46.5 Å². The van der Waals surface area contributed by atoms with Gasteiger partial charge in [0.15, 0.2) is 6.61 Å². The predicted molar refractivity (Wildman–Crippen MR) is 75.0 cm³/mol. The molecule has 0 radical (unpaired) electrons. The molecule has 5 heteroatoms. The summed E-state index contributed by atoms with van der Waals surface area (Å²) in [5.41, 5.74) is 1.52. The van der Waals surface area contributed by atoms with Gasteiger partial charge >= 0.3 is 5.97 Å². The van der Waals surface area contributed by atoms with E-state index >= 15 is 0 Å². The van der Waals surface area contributed by atoms with E-state index in [0.29, 0.717) is 16.3 Å². The van der Waals surface area contributed by atoms with Gasteiger partial charge in [0.25, 0.3) is 0 Å². The highest BCUT2D eigenvalue weighted by atomic mass is 35.5. The molecular formula is C14H10Cl2O3. The average Bonchev–Trinajstić information content (AvgIpc) is 2.37. The van der Waals surface area contributed by atoms with Crippen LogP contribution in [0.5, 0.6) is 5.75 Å². The summed E-state index contributed by atoms with van der Waals surface area (Å²) in [7, 11) is 0. The molecule has 0 aromatic heterocycles. The monoisotopic (exact) mass is 296 g/mol. The molecule has 0 saturated heterocycles. The molecule has 0 aliphatic rings. The second-order valence-corrected chi connectivity index (χ2v) is 4.66. The normalized spacial score (nSPS) is 10.2. The molecule has 2 aromatic carbocycles. The summed E-state index contributed by atoms with van der Waals surface area (Å²) in [5, 5.41) is 9.44. The smallest absolute Gasteiger partial charge is 0.341 e. The number of benzene rings is 2. The molecule has 98 valence electrons. The van der Waals surface area contributed by atoms with E-state index in [4.69, 9.17) is 33.0 Å². The highest BCUT2D eigenvalue weighted by molar-refractivity contribution is 6.36. The molecule has 0 amide bonds. The molecule has 0 atom stereocenters. The maximum Gasteiger partial charge on any atom is 0.341 e. The largest absolute Gasteiger partial charge is 0.480 e. The van der Waals surface area contributed by atoms with Crippen LogP contribution < -0.4 is 4.74 Å². The third kappa shape index (κ3) is 3.40. The predicted octanol–water partition coefficient (Wildman–Crippen LogP) is 4.12. The molecule has 0 saturated carbocycles. The summed E-state index contributed by atoms with van der Waals surface area (Å²) >= 11 is 12.0. The summed E-state index contributed by atoms with van der Waals surface area (Å²) in [6.45, 7) is -0.457. The Morgan fingerprint density at radius 2 is 1.84 bits per heavy atom. The Kier molecular flexibility index (Phi) is 4.30. The minimum absolute atomic E-state index is 0.285. The van der Waals surface area contributed by atoms with Crippen LogP contribution in [0.2, 0.25) is 10.0 Å². The van der Waals surface area contributed by atoms with E-state index in [9.17, 15) is 4.79 Å². The third-order valence-corrected chi connectivity index (χ3v) is 2.93. The lowest BCUT2D eigenvalue weighted by atomic mass is 10.0. The van der Waals surface area contributed by atoms with Crippen molar-refractivity contribution in [3.8, 4) is 16.9 Å². The van der Waals surface area contributed by atoms with Crippen molar-refractivity contribution in [1.29, 1.82) is 0 Å². The second-order valence-electron chi connectivity index (χ2n) is 3.81. The van der Waals surface area contributed by atoms with Gasteiger partial charge in [-0.05, 0) is 17.7 Å². The average molecular weight is 297 g/mol. The quantitative estimate of drug-likeness (QED) is 0.923. The third-order valence-electron chi connectivity index (χ3n) is 2.43. The highest BCUT2D eigenvalue weighted by Crippen LogP contribution is 2.38. The van der Waals surface area contributed by atoms with Crippen LogP contribution in [0.4, 0.5) is 0 Å². The summed E-state index contributed by atoms with van der Waals surface area (Å²) in [6, 6.07) is 12.6. The van der Waals surface area contributed by atoms with E-state index in [-0.39, 0.29) is 5.02 Å². The van der Waals surface area contributed by atoms with Crippen LogP contribution in [0, 0.1) is 0 Å². The first-order chi connectivity index (χ1) is 9.08. The van der Waals surface area contributed by atoms with E-state index in [1.54, 1.807) is 6.07 Å². The SMILES string of the molecule is O=C(O)COc1c(Cl)cc(Cl)cc1-c1ccccc1. The molecule has 0 heterocycles. The maximum absolute atomic E-state index is 10.6. The number of carboxylic acid groups (broad SMARTS) is 1. The van der Waals surface area contributed by atoms with Gasteiger partial charge in [0.05, 0.1) is 5.02 Å². The second kappa shape index (κ2) is 5.95. The Balaban J connectivity index is 2.48. The fourth-order valence-corrected chi connectivity index (χ4v) is 2.22. The number of hydrogen-bond donors (Lipinski definition) is 1. The van der Waals surface area contributed by atoms with Crippen molar-refractivity contribution in [2.75, 3.05) is 6.61 Å². The minimum Gasteiger partial charge on any atom is -0.480 e. The van der Waals surface area contributed by atoms with Gasteiger partial charge in [0, 0.05) is 10.6 Å². The van der Waals surface area contributed by atoms with Crippen molar-refractivity contribution < 1.29 is 14.6 Å². The summed E-state index contributed by atoms with van der Waals surface area (Å²) in [6.07, 6.45) is 0. The lowest BCUT2D eigenvalue weighted by Gasteiger charge is -2.12. The maximum atomic E-state index is 10.6. The zero-order valence-corrected chi connectivity index (χ0v) is 11.3. The molecule has 0 fully saturated rings. The lowest BCUT2D eigenvalue weighted by molar-refractivity contribution is -0.139. The van der Waals surface area contributed by atoms with Crippen LogP contribution in [0.1, 0.15) is 0 Å². The van der Waals surface area contributed by atoms with Crippen molar-refractivity contribution in [2.24, 2.45) is 0 Å². The summed E-state index contributed by atoms with van der Waals surface area (Å²) in [5.74, 6) is -0.746. The first kappa shape index (κ1) is 13.7. The zero-order chi connectivity index (χ0) is 13.8. The van der Waals surface area contributed by atoms with Crippen LogP contribution in [0.15, 0.2) is 42.5 Å². The number of carboxylic acids is 1. The summed E-state index contributed by atoms with van der Waals surface area (Å²) < 4.78 is 5.25. The van der Waals surface area contributed by atoms with E-state index in [1.807, 2.05) is 30.3 Å². The molecular weight excluding hydrogens is 287 g/mol. The molecule has 1 N–H and O–H groups in total. The number of carbonyl (C=O) groups is 1. The van der Waals surface area contributed by atoms with Crippen molar-refractivity contribution in [3.05, 3.63) is 52.5 Å². The first-order valence-electron chi connectivity index (χ1n) is 5.47. The van der Waals surface area contributed by atoms with Gasteiger partial charge in [-0.1, -0.05) is 53.5 Å². The molecule has 0 bridgehead atoms. The zero-order valence-electron chi connectivity index (χ0n) is 9.77. The molecule has 3 nitrogen and oxygen atoms in total. The fraction of sp³-hybridized carbons (Fsp3) is 0.0714. The fourth-order valence-electron chi connectivity index (χ4n) is 1.67. The molecule has 2 aromatic rings. The Bertz CT molecular complexity index is 597. The highest BCUT2D eigenvalue weighted by Gasteiger charge is 2.13. The summed E-state index contributed by atoms with van der Waals surface area (Å²) in [4.78, 5) is 10.6. The van der Waals surface area contributed by atoms with Crippen molar-refractivity contribution in [3.63, 3.8) is 0 Å². The molecule has 0 aliphatic heterocycles. The first-order valence-corrected chi connectivity index (χ1v) is 6.22. The van der Waals surface area contributed by atoms with Crippen molar-refractivity contribution in [2.45, 2.75) is 0 Å². The number of hydrogen-bond acceptors (Lipinski definition) is 2. The number of rotatable bonds is 4. The Labute approximate surface area is 120 Å². The Hall–Kier alpha value is -1.71. The standard InChI is InChI=1S/C14H10Cl2O3/c15-10-6-11(9-4-2-1-3-5-9)14(12(16)7-10)19-8-13(17)18/h1-7H,8H2,(H,17,18). The van der Waals surface area contributed by atoms with Crippen LogP contribution in [-0.2, 0) is 4.79 Å². The van der Waals surface area contributed by atoms with Crippen LogP contribution in [0.25, 0.3) is 11.1 Å². The lowest BCUT2D eigenvalue weighted by Crippen LogP contribution is -2.10. The van der Waals surface area contributed by atoms with Gasteiger partial charge in [-0.2, -0.15) is 0 Å². The number of aliphatic carboxylic acids is 1. The Morgan fingerprint density at radius 1 is 1.16 bits per heavy atom. The number of halogens is 2. The van der Waals surface area contributed by atoms with E-state index in [1.165, 1.54) is 6.07 Å². The van der Waals surface area contributed by atoms with Gasteiger partial charge in [-0.25, -0.2) is 4.79 Å². The Morgan fingerprint density at radius 3 is 2.47 bits per heavy atom. The van der Waals surface area contributed by atoms with Crippen LogP contribution in [-0.4, -0.2) is 17.7 Å². The van der Waals surface area contributed by atoms with Crippen LogP contribution in [0.3, 0.4) is 0 Å². The van der Waals surface area contributed by atoms with Crippen molar-refractivity contribution >= 4 is 29.2 Å². The molecule has 2 rings (SSSR count). The van der Waals surface area contributed by atoms with E-state index in [0.717, 1.165) is 5.56 Å². The van der Waals surface area contributed by atoms with Gasteiger partial charge in [-0.3, -0.25) is 0 Å². The minimum atomic E-state index is -1.06. The van der Waals surface area contributed by atoms with Crippen molar-refractivity contribution in [1.82, 2.24) is 0 Å². The van der Waals surface area contributed by atoms with E-state index < -0.39 is 12.6 Å². The molecule has 0 spiro atoms. The van der Waals surface area contributed by atoms with Gasteiger partial charge in [0.2, 0.25) is 0 Å². The van der Waals surface area contributed by atoms with Gasteiger partial charge in [0.1, 0.15) is 5.75 Å². The molecule has 19 heavy (non-hydrogen) atoms. The molecule has 0 aliphatic carbocycles. The van der Waals surface area contributed by atoms with Gasteiger partial charge in [-0.15, -0.1) is 0 Å².